The summed E-state index contributed by atoms with van der Waals surface area (Å²) in [6.45, 7) is 9.24. The molecule has 2 unspecified atom stereocenters. The molecule has 0 aromatic rings. The van der Waals surface area contributed by atoms with Crippen LogP contribution < -0.4 is 0 Å². The third-order valence-corrected chi connectivity index (χ3v) is 4.85. The summed E-state index contributed by atoms with van der Waals surface area (Å²) in [7, 11) is 0. The van der Waals surface area contributed by atoms with Gasteiger partial charge in [0.15, 0.2) is 0 Å². The SMILES string of the molecule is CCC1=CC(C#N)=CC(C2C(C)=CCCC2(C)C)C1. The van der Waals surface area contributed by atoms with E-state index in [-0.39, 0.29) is 0 Å². The standard InChI is InChI=1S/C18H25N/c1-5-14-9-15(12-19)11-16(10-14)17-13(2)7-6-8-18(17,3)4/h7,9,11,16-17H,5-6,8,10H2,1-4H3. The monoisotopic (exact) mass is 255 g/mol. The van der Waals surface area contributed by atoms with Crippen LogP contribution in [0.2, 0.25) is 0 Å². The van der Waals surface area contributed by atoms with Gasteiger partial charge < -0.3 is 0 Å². The van der Waals surface area contributed by atoms with E-state index in [1.807, 2.05) is 0 Å². The number of nitriles is 1. The molecule has 0 aliphatic heterocycles. The second kappa shape index (κ2) is 5.37. The summed E-state index contributed by atoms with van der Waals surface area (Å²) in [5, 5.41) is 9.24. The van der Waals surface area contributed by atoms with Crippen LogP contribution in [-0.2, 0) is 0 Å². The molecule has 0 heterocycles. The van der Waals surface area contributed by atoms with Gasteiger partial charge in [0.2, 0.25) is 0 Å². The molecule has 0 N–H and O–H groups in total. The van der Waals surface area contributed by atoms with E-state index in [0.717, 1.165) is 18.4 Å². The minimum absolute atomic E-state index is 0.344. The van der Waals surface area contributed by atoms with Gasteiger partial charge in [0.1, 0.15) is 0 Å². The van der Waals surface area contributed by atoms with Crippen LogP contribution >= 0.6 is 0 Å². The van der Waals surface area contributed by atoms with E-state index in [1.165, 1.54) is 24.0 Å². The van der Waals surface area contributed by atoms with Gasteiger partial charge >= 0.3 is 0 Å². The molecule has 0 fully saturated rings. The van der Waals surface area contributed by atoms with Crippen LogP contribution in [0.25, 0.3) is 0 Å². The van der Waals surface area contributed by atoms with Crippen LogP contribution in [0.3, 0.4) is 0 Å². The fourth-order valence-corrected chi connectivity index (χ4v) is 3.94. The first-order valence-electron chi connectivity index (χ1n) is 7.46. The number of nitrogens with zero attached hydrogens (tertiary/aromatic N) is 1. The Kier molecular flexibility index (Phi) is 3.99. The zero-order valence-corrected chi connectivity index (χ0v) is 12.7. The summed E-state index contributed by atoms with van der Waals surface area (Å²) < 4.78 is 0. The van der Waals surface area contributed by atoms with Gasteiger partial charge in [-0.2, -0.15) is 5.26 Å². The number of hydrogen-bond acceptors (Lipinski definition) is 1. The van der Waals surface area contributed by atoms with E-state index < -0.39 is 0 Å². The molecule has 2 atom stereocenters. The molecule has 0 spiro atoms. The molecule has 0 aromatic carbocycles. The molecule has 1 heteroatoms. The van der Waals surface area contributed by atoms with E-state index in [9.17, 15) is 5.26 Å². The van der Waals surface area contributed by atoms with Crippen molar-refractivity contribution in [3.8, 4) is 6.07 Å². The summed E-state index contributed by atoms with van der Waals surface area (Å²) >= 11 is 0. The Morgan fingerprint density at radius 1 is 1.42 bits per heavy atom. The van der Waals surface area contributed by atoms with Gasteiger partial charge in [-0.15, -0.1) is 0 Å². The van der Waals surface area contributed by atoms with Crippen LogP contribution in [0.15, 0.2) is 34.9 Å². The molecule has 0 amide bonds. The second-order valence-corrected chi connectivity index (χ2v) is 6.71. The van der Waals surface area contributed by atoms with Gasteiger partial charge in [0.25, 0.3) is 0 Å². The summed E-state index contributed by atoms with van der Waals surface area (Å²) in [6.07, 6.45) is 11.4. The van der Waals surface area contributed by atoms with Gasteiger partial charge in [-0.3, -0.25) is 0 Å². The van der Waals surface area contributed by atoms with Gasteiger partial charge in [0, 0.05) is 5.57 Å². The molecular weight excluding hydrogens is 230 g/mol. The van der Waals surface area contributed by atoms with Gasteiger partial charge in [-0.25, -0.2) is 0 Å². The van der Waals surface area contributed by atoms with E-state index >= 15 is 0 Å². The largest absolute Gasteiger partial charge is 0.192 e. The van der Waals surface area contributed by atoms with E-state index in [0.29, 0.717) is 17.3 Å². The molecule has 0 bridgehead atoms. The van der Waals surface area contributed by atoms with Crippen LogP contribution in [0, 0.1) is 28.6 Å². The first-order chi connectivity index (χ1) is 8.97. The minimum Gasteiger partial charge on any atom is -0.192 e. The first kappa shape index (κ1) is 14.1. The number of hydrogen-bond donors (Lipinski definition) is 0. The molecule has 0 saturated heterocycles. The molecule has 102 valence electrons. The quantitative estimate of drug-likeness (QED) is 0.624. The third kappa shape index (κ3) is 2.84. The van der Waals surface area contributed by atoms with Gasteiger partial charge in [0.05, 0.1) is 6.07 Å². The highest BCUT2D eigenvalue weighted by molar-refractivity contribution is 5.40. The zero-order valence-electron chi connectivity index (χ0n) is 12.7. The molecule has 0 saturated carbocycles. The lowest BCUT2D eigenvalue weighted by atomic mass is 9.61. The Hall–Kier alpha value is -1.29. The Balaban J connectivity index is 2.34. The third-order valence-electron chi connectivity index (χ3n) is 4.85. The molecule has 2 rings (SSSR count). The molecule has 2 aliphatic rings. The highest BCUT2D eigenvalue weighted by Crippen LogP contribution is 2.48. The zero-order chi connectivity index (χ0) is 14.0. The van der Waals surface area contributed by atoms with Crippen molar-refractivity contribution in [2.75, 3.05) is 0 Å². The number of allylic oxidation sites excluding steroid dienone is 6. The van der Waals surface area contributed by atoms with Crippen LogP contribution in [0.5, 0.6) is 0 Å². The summed E-state index contributed by atoms with van der Waals surface area (Å²) in [5.74, 6) is 1.08. The van der Waals surface area contributed by atoms with Crippen molar-refractivity contribution in [3.05, 3.63) is 34.9 Å². The smallest absolute Gasteiger partial charge is 0.0988 e. The van der Waals surface area contributed by atoms with Crippen molar-refractivity contribution in [2.24, 2.45) is 17.3 Å². The second-order valence-electron chi connectivity index (χ2n) is 6.71. The Bertz CT molecular complexity index is 482. The Morgan fingerprint density at radius 2 is 2.16 bits per heavy atom. The Labute approximate surface area is 117 Å². The van der Waals surface area contributed by atoms with Crippen molar-refractivity contribution in [2.45, 2.75) is 53.4 Å². The van der Waals surface area contributed by atoms with E-state index in [4.69, 9.17) is 0 Å². The summed E-state index contributed by atoms with van der Waals surface area (Å²) in [6, 6.07) is 2.34. The lowest BCUT2D eigenvalue weighted by Crippen LogP contribution is -2.34. The molecule has 0 radical (unpaired) electrons. The predicted octanol–water partition coefficient (Wildman–Crippen LogP) is 5.18. The lowest BCUT2D eigenvalue weighted by Gasteiger charge is -2.43. The average Bonchev–Trinajstić information content (AvgIpc) is 2.37. The van der Waals surface area contributed by atoms with Crippen molar-refractivity contribution in [3.63, 3.8) is 0 Å². The van der Waals surface area contributed by atoms with Crippen LogP contribution in [-0.4, -0.2) is 0 Å². The van der Waals surface area contributed by atoms with Crippen molar-refractivity contribution in [1.29, 1.82) is 5.26 Å². The Morgan fingerprint density at radius 3 is 2.74 bits per heavy atom. The fourth-order valence-electron chi connectivity index (χ4n) is 3.94. The highest BCUT2D eigenvalue weighted by Gasteiger charge is 2.38. The lowest BCUT2D eigenvalue weighted by molar-refractivity contribution is 0.169. The van der Waals surface area contributed by atoms with Crippen molar-refractivity contribution < 1.29 is 0 Å². The average molecular weight is 255 g/mol. The van der Waals surface area contributed by atoms with Crippen LogP contribution in [0.1, 0.15) is 53.4 Å². The maximum absolute atomic E-state index is 9.24. The van der Waals surface area contributed by atoms with Crippen molar-refractivity contribution in [1.82, 2.24) is 0 Å². The highest BCUT2D eigenvalue weighted by atomic mass is 14.4. The minimum atomic E-state index is 0.344. The van der Waals surface area contributed by atoms with E-state index in [1.54, 1.807) is 0 Å². The molecule has 0 aromatic heterocycles. The molecule has 1 nitrogen and oxygen atoms in total. The topological polar surface area (TPSA) is 23.8 Å². The predicted molar refractivity (Wildman–Crippen MR) is 80.4 cm³/mol. The normalized spacial score (nSPS) is 29.9. The maximum Gasteiger partial charge on any atom is 0.0988 e. The van der Waals surface area contributed by atoms with Gasteiger partial charge in [-0.05, 0) is 55.9 Å². The molecule has 19 heavy (non-hydrogen) atoms. The maximum atomic E-state index is 9.24. The van der Waals surface area contributed by atoms with Gasteiger partial charge in [-0.1, -0.05) is 44.1 Å². The van der Waals surface area contributed by atoms with Crippen LogP contribution in [0.4, 0.5) is 0 Å². The molecular formula is C18H25N. The first-order valence-corrected chi connectivity index (χ1v) is 7.46. The number of rotatable bonds is 2. The summed E-state index contributed by atoms with van der Waals surface area (Å²) in [4.78, 5) is 0. The van der Waals surface area contributed by atoms with Crippen molar-refractivity contribution >= 4 is 0 Å². The summed E-state index contributed by atoms with van der Waals surface area (Å²) in [5.41, 5.74) is 4.16. The molecule has 2 aliphatic carbocycles. The fraction of sp³-hybridized carbons (Fsp3) is 0.611. The van der Waals surface area contributed by atoms with E-state index in [2.05, 4.69) is 52.0 Å².